The van der Waals surface area contributed by atoms with Crippen LogP contribution >= 0.6 is 0 Å². The van der Waals surface area contributed by atoms with E-state index in [9.17, 15) is 0 Å². The summed E-state index contributed by atoms with van der Waals surface area (Å²) in [5, 5.41) is 8.02. The first-order valence-electron chi connectivity index (χ1n) is 5.11. The Hall–Kier alpha value is -0.860. The fourth-order valence-electron chi connectivity index (χ4n) is 1.33. The molecule has 0 bridgehead atoms. The topological polar surface area (TPSA) is 30.7 Å². The molecule has 0 aliphatic carbocycles. The summed E-state index contributed by atoms with van der Waals surface area (Å²) < 4.78 is 2.03. The molecule has 0 atom stereocenters. The van der Waals surface area contributed by atoms with Crippen LogP contribution in [0.15, 0.2) is 6.20 Å². The van der Waals surface area contributed by atoms with Crippen LogP contribution in [0.4, 0.5) is 0 Å². The second-order valence-corrected chi connectivity index (χ2v) is 3.90. The lowest BCUT2D eigenvalue weighted by Gasteiger charge is -2.07. The number of nitrogens with zero attached hydrogens (tertiary/aromatic N) is 3. The minimum absolute atomic E-state index is 0.641. The van der Waals surface area contributed by atoms with Crippen LogP contribution in [-0.4, -0.2) is 15.0 Å². The van der Waals surface area contributed by atoms with Crippen molar-refractivity contribution in [3.8, 4) is 0 Å². The number of rotatable bonds is 5. The summed E-state index contributed by atoms with van der Waals surface area (Å²) in [6.07, 6.45) is 5.45. The molecule has 0 aliphatic rings. The van der Waals surface area contributed by atoms with Crippen molar-refractivity contribution in [3.63, 3.8) is 0 Å². The van der Waals surface area contributed by atoms with E-state index in [4.69, 9.17) is 0 Å². The molecular formula is C10H19N3. The van der Waals surface area contributed by atoms with Gasteiger partial charge in [-0.05, 0) is 18.8 Å². The predicted molar refractivity (Wildman–Crippen MR) is 53.5 cm³/mol. The standard InChI is InChI=1S/C10H19N3/c1-4-5-6-10-7-11-12-13(10)8-9(2)3/h7,9H,4-6,8H2,1-3H3. The molecule has 0 N–H and O–H groups in total. The third-order valence-electron chi connectivity index (χ3n) is 2.02. The van der Waals surface area contributed by atoms with Crippen molar-refractivity contribution in [1.82, 2.24) is 15.0 Å². The lowest BCUT2D eigenvalue weighted by molar-refractivity contribution is 0.456. The van der Waals surface area contributed by atoms with Gasteiger partial charge in [0.25, 0.3) is 0 Å². The molecule has 1 aromatic heterocycles. The van der Waals surface area contributed by atoms with Crippen LogP contribution in [0.3, 0.4) is 0 Å². The van der Waals surface area contributed by atoms with E-state index in [0.717, 1.165) is 13.0 Å². The highest BCUT2D eigenvalue weighted by Crippen LogP contribution is 2.05. The van der Waals surface area contributed by atoms with Crippen LogP contribution in [0.1, 0.15) is 39.3 Å². The Labute approximate surface area is 80.1 Å². The molecule has 1 rings (SSSR count). The monoisotopic (exact) mass is 181 g/mol. The van der Waals surface area contributed by atoms with Crippen LogP contribution < -0.4 is 0 Å². The molecule has 3 nitrogen and oxygen atoms in total. The highest BCUT2D eigenvalue weighted by Gasteiger charge is 2.04. The molecule has 1 aromatic rings. The highest BCUT2D eigenvalue weighted by molar-refractivity contribution is 4.93. The van der Waals surface area contributed by atoms with Crippen LogP contribution in [-0.2, 0) is 13.0 Å². The van der Waals surface area contributed by atoms with Gasteiger partial charge < -0.3 is 0 Å². The van der Waals surface area contributed by atoms with Crippen molar-refractivity contribution in [2.45, 2.75) is 46.6 Å². The second-order valence-electron chi connectivity index (χ2n) is 3.90. The van der Waals surface area contributed by atoms with E-state index < -0.39 is 0 Å². The molecule has 0 spiro atoms. The molecule has 0 amide bonds. The molecule has 1 heterocycles. The molecule has 0 fully saturated rings. The van der Waals surface area contributed by atoms with Gasteiger partial charge in [0.2, 0.25) is 0 Å². The van der Waals surface area contributed by atoms with Crippen LogP contribution in [0.5, 0.6) is 0 Å². The Balaban J connectivity index is 2.55. The Morgan fingerprint density at radius 2 is 2.23 bits per heavy atom. The van der Waals surface area contributed by atoms with Crippen molar-refractivity contribution in [3.05, 3.63) is 11.9 Å². The van der Waals surface area contributed by atoms with Crippen LogP contribution in [0.2, 0.25) is 0 Å². The molecule has 0 saturated carbocycles. The van der Waals surface area contributed by atoms with E-state index >= 15 is 0 Å². The number of aryl methyl sites for hydroxylation is 1. The average molecular weight is 181 g/mol. The number of aromatic nitrogens is 3. The normalized spacial score (nSPS) is 11.1. The Morgan fingerprint density at radius 1 is 1.46 bits per heavy atom. The fraction of sp³-hybridized carbons (Fsp3) is 0.800. The smallest absolute Gasteiger partial charge is 0.0725 e. The van der Waals surface area contributed by atoms with Gasteiger partial charge in [0.1, 0.15) is 0 Å². The van der Waals surface area contributed by atoms with Crippen molar-refractivity contribution in [2.75, 3.05) is 0 Å². The zero-order valence-electron chi connectivity index (χ0n) is 8.82. The van der Waals surface area contributed by atoms with Gasteiger partial charge in [0, 0.05) is 6.54 Å². The van der Waals surface area contributed by atoms with Gasteiger partial charge >= 0.3 is 0 Å². The SMILES string of the molecule is CCCCc1cnnn1CC(C)C. The van der Waals surface area contributed by atoms with Gasteiger partial charge in [-0.25, -0.2) is 4.68 Å². The van der Waals surface area contributed by atoms with E-state index in [-0.39, 0.29) is 0 Å². The van der Waals surface area contributed by atoms with Crippen LogP contribution in [0, 0.1) is 5.92 Å². The third-order valence-corrected chi connectivity index (χ3v) is 2.02. The Morgan fingerprint density at radius 3 is 2.85 bits per heavy atom. The summed E-state index contributed by atoms with van der Waals surface area (Å²) in [5.41, 5.74) is 1.27. The van der Waals surface area contributed by atoms with E-state index in [0.29, 0.717) is 5.92 Å². The lowest BCUT2D eigenvalue weighted by Crippen LogP contribution is -2.09. The maximum Gasteiger partial charge on any atom is 0.0725 e. The van der Waals surface area contributed by atoms with Gasteiger partial charge in [0.05, 0.1) is 11.9 Å². The summed E-state index contributed by atoms with van der Waals surface area (Å²) in [6, 6.07) is 0. The first kappa shape index (κ1) is 10.2. The Kier molecular flexibility index (Phi) is 3.93. The molecule has 74 valence electrons. The van der Waals surface area contributed by atoms with Gasteiger partial charge in [0.15, 0.2) is 0 Å². The predicted octanol–water partition coefficient (Wildman–Crippen LogP) is 2.28. The molecule has 0 aliphatic heterocycles. The van der Waals surface area contributed by atoms with E-state index in [1.165, 1.54) is 18.5 Å². The van der Waals surface area contributed by atoms with Crippen molar-refractivity contribution in [2.24, 2.45) is 5.92 Å². The molecule has 13 heavy (non-hydrogen) atoms. The van der Waals surface area contributed by atoms with E-state index in [1.807, 2.05) is 10.9 Å². The molecule has 0 aromatic carbocycles. The molecule has 3 heteroatoms. The first-order chi connectivity index (χ1) is 6.24. The largest absolute Gasteiger partial charge is 0.249 e. The number of hydrogen-bond acceptors (Lipinski definition) is 2. The molecule has 0 radical (unpaired) electrons. The summed E-state index contributed by atoms with van der Waals surface area (Å²) in [4.78, 5) is 0. The van der Waals surface area contributed by atoms with Gasteiger partial charge in [-0.1, -0.05) is 32.4 Å². The van der Waals surface area contributed by atoms with Crippen molar-refractivity contribution in [1.29, 1.82) is 0 Å². The van der Waals surface area contributed by atoms with E-state index in [1.54, 1.807) is 0 Å². The van der Waals surface area contributed by atoms with E-state index in [2.05, 4.69) is 31.1 Å². The zero-order valence-corrected chi connectivity index (χ0v) is 8.82. The van der Waals surface area contributed by atoms with Crippen molar-refractivity contribution < 1.29 is 0 Å². The molecular weight excluding hydrogens is 162 g/mol. The second kappa shape index (κ2) is 5.00. The minimum atomic E-state index is 0.641. The average Bonchev–Trinajstić information content (AvgIpc) is 2.48. The Bertz CT molecular complexity index is 240. The van der Waals surface area contributed by atoms with Gasteiger partial charge in [-0.15, -0.1) is 5.10 Å². The first-order valence-corrected chi connectivity index (χ1v) is 5.11. The number of unbranched alkanes of at least 4 members (excludes halogenated alkanes) is 1. The molecule has 0 unspecified atom stereocenters. The summed E-state index contributed by atoms with van der Waals surface area (Å²) >= 11 is 0. The minimum Gasteiger partial charge on any atom is -0.249 e. The highest BCUT2D eigenvalue weighted by atomic mass is 15.4. The summed E-state index contributed by atoms with van der Waals surface area (Å²) in [7, 11) is 0. The fourth-order valence-corrected chi connectivity index (χ4v) is 1.33. The van der Waals surface area contributed by atoms with Gasteiger partial charge in [-0.2, -0.15) is 0 Å². The van der Waals surface area contributed by atoms with Crippen molar-refractivity contribution >= 4 is 0 Å². The third kappa shape index (κ3) is 3.17. The van der Waals surface area contributed by atoms with Gasteiger partial charge in [-0.3, -0.25) is 0 Å². The number of hydrogen-bond donors (Lipinski definition) is 0. The zero-order chi connectivity index (χ0) is 9.68. The van der Waals surface area contributed by atoms with Crippen LogP contribution in [0.25, 0.3) is 0 Å². The maximum absolute atomic E-state index is 4.08. The maximum atomic E-state index is 4.08. The summed E-state index contributed by atoms with van der Waals surface area (Å²) in [5.74, 6) is 0.641. The summed E-state index contributed by atoms with van der Waals surface area (Å²) in [6.45, 7) is 7.59. The quantitative estimate of drug-likeness (QED) is 0.697. The lowest BCUT2D eigenvalue weighted by atomic mass is 10.2. The molecule has 0 saturated heterocycles.